The van der Waals surface area contributed by atoms with E-state index in [0.29, 0.717) is 6.42 Å². The van der Waals surface area contributed by atoms with Crippen molar-refractivity contribution in [3.05, 3.63) is 36.1 Å². The van der Waals surface area contributed by atoms with E-state index in [1.54, 1.807) is 23.7 Å². The number of likely N-dealkylation sites (N-methyl/N-ethyl adjacent to an activating group) is 1. The summed E-state index contributed by atoms with van der Waals surface area (Å²) in [5, 5.41) is 1.05. The number of hydrogen-bond donors (Lipinski definition) is 1. The third kappa shape index (κ3) is 3.60. The lowest BCUT2D eigenvalue weighted by molar-refractivity contribution is -0.133. The van der Waals surface area contributed by atoms with E-state index in [2.05, 4.69) is 0 Å². The maximum absolute atomic E-state index is 12.3. The summed E-state index contributed by atoms with van der Waals surface area (Å²) in [6.45, 7) is 1.96. The average molecular weight is 306 g/mol. The molecule has 1 amide bonds. The predicted molar refractivity (Wildman–Crippen MR) is 88.4 cm³/mol. The highest BCUT2D eigenvalue weighted by Gasteiger charge is 2.24. The number of thioether (sulfide) groups is 1. The van der Waals surface area contributed by atoms with Crippen molar-refractivity contribution in [1.29, 1.82) is 0 Å². The van der Waals surface area contributed by atoms with E-state index < -0.39 is 6.04 Å². The summed E-state index contributed by atoms with van der Waals surface area (Å²) in [6, 6.07) is 9.24. The largest absolute Gasteiger partial charge is 0.459 e. The van der Waals surface area contributed by atoms with E-state index in [-0.39, 0.29) is 11.9 Å². The van der Waals surface area contributed by atoms with E-state index in [9.17, 15) is 4.79 Å². The second-order valence-electron chi connectivity index (χ2n) is 5.20. The fraction of sp³-hybridized carbons (Fsp3) is 0.438. The Labute approximate surface area is 129 Å². The lowest BCUT2D eigenvalue weighted by Crippen LogP contribution is -2.43. The number of para-hydroxylation sites is 1. The van der Waals surface area contributed by atoms with E-state index in [4.69, 9.17) is 10.2 Å². The Morgan fingerprint density at radius 1 is 1.43 bits per heavy atom. The number of carbonyl (C=O) groups is 1. The quantitative estimate of drug-likeness (QED) is 0.891. The molecule has 1 heterocycles. The number of carbonyl (C=O) groups excluding carboxylic acids is 1. The smallest absolute Gasteiger partial charge is 0.239 e. The molecule has 0 radical (unpaired) electrons. The molecule has 4 nitrogen and oxygen atoms in total. The van der Waals surface area contributed by atoms with Crippen molar-refractivity contribution >= 4 is 28.6 Å². The molecule has 1 aromatic carbocycles. The molecule has 5 heteroatoms. The van der Waals surface area contributed by atoms with Crippen LogP contribution in [0.3, 0.4) is 0 Å². The molecule has 2 atom stereocenters. The summed E-state index contributed by atoms with van der Waals surface area (Å²) in [7, 11) is 1.78. The zero-order valence-corrected chi connectivity index (χ0v) is 13.5. The zero-order valence-electron chi connectivity index (χ0n) is 12.7. The van der Waals surface area contributed by atoms with Crippen LogP contribution in [0.2, 0.25) is 0 Å². The highest BCUT2D eigenvalue weighted by Crippen LogP contribution is 2.27. The average Bonchev–Trinajstić information content (AvgIpc) is 2.94. The Morgan fingerprint density at radius 2 is 2.14 bits per heavy atom. The Hall–Kier alpha value is -1.46. The van der Waals surface area contributed by atoms with Crippen LogP contribution in [0.25, 0.3) is 11.0 Å². The minimum absolute atomic E-state index is 0.0444. The van der Waals surface area contributed by atoms with Crippen molar-refractivity contribution in [2.24, 2.45) is 5.73 Å². The van der Waals surface area contributed by atoms with Crippen LogP contribution in [0.1, 0.15) is 25.1 Å². The Kier molecular flexibility index (Phi) is 5.31. The van der Waals surface area contributed by atoms with E-state index in [1.807, 2.05) is 43.5 Å². The highest BCUT2D eigenvalue weighted by molar-refractivity contribution is 7.98. The summed E-state index contributed by atoms with van der Waals surface area (Å²) in [4.78, 5) is 14.0. The van der Waals surface area contributed by atoms with Gasteiger partial charge >= 0.3 is 0 Å². The number of nitrogens with two attached hydrogens (primary N) is 1. The molecule has 0 aliphatic carbocycles. The Morgan fingerprint density at radius 3 is 2.81 bits per heavy atom. The summed E-state index contributed by atoms with van der Waals surface area (Å²) in [6.07, 6.45) is 2.70. The molecule has 21 heavy (non-hydrogen) atoms. The van der Waals surface area contributed by atoms with Gasteiger partial charge in [-0.15, -0.1) is 0 Å². The maximum Gasteiger partial charge on any atom is 0.239 e. The van der Waals surface area contributed by atoms with Crippen LogP contribution in [0, 0.1) is 0 Å². The molecule has 0 saturated heterocycles. The Bertz CT molecular complexity index is 578. The number of benzene rings is 1. The molecule has 2 N–H and O–H groups in total. The predicted octanol–water partition coefficient (Wildman–Crippen LogP) is 3.03. The standard InChI is InChI=1S/C16H22N2O2S/c1-11(18(2)16(19)13(17)8-9-21-3)15-10-12-6-4-5-7-14(12)20-15/h4-7,10-11,13H,8-9,17H2,1-3H3/t11?,13-/m0/s1. The fourth-order valence-corrected chi connectivity index (χ4v) is 2.71. The van der Waals surface area contributed by atoms with Crippen LogP contribution < -0.4 is 5.73 Å². The summed E-state index contributed by atoms with van der Waals surface area (Å²) >= 11 is 1.70. The van der Waals surface area contributed by atoms with Gasteiger partial charge in [-0.05, 0) is 37.5 Å². The second-order valence-corrected chi connectivity index (χ2v) is 6.19. The molecule has 0 aliphatic rings. The van der Waals surface area contributed by atoms with Gasteiger partial charge < -0.3 is 15.1 Å². The van der Waals surface area contributed by atoms with Gasteiger partial charge in [0.1, 0.15) is 11.3 Å². The molecule has 1 aromatic heterocycles. The first kappa shape index (κ1) is 15.9. The van der Waals surface area contributed by atoms with Gasteiger partial charge in [0.25, 0.3) is 0 Å². The zero-order chi connectivity index (χ0) is 15.4. The minimum atomic E-state index is -0.450. The summed E-state index contributed by atoms with van der Waals surface area (Å²) in [5.74, 6) is 1.63. The number of fused-ring (bicyclic) bond motifs is 1. The van der Waals surface area contributed by atoms with Crippen molar-refractivity contribution in [2.45, 2.75) is 25.4 Å². The summed E-state index contributed by atoms with van der Waals surface area (Å²) < 4.78 is 5.82. The molecular formula is C16H22N2O2S. The maximum atomic E-state index is 12.3. The molecular weight excluding hydrogens is 284 g/mol. The number of nitrogens with zero attached hydrogens (tertiary/aromatic N) is 1. The molecule has 0 saturated carbocycles. The van der Waals surface area contributed by atoms with Crippen LogP contribution in [0.4, 0.5) is 0 Å². The molecule has 114 valence electrons. The number of amides is 1. The molecule has 0 spiro atoms. The summed E-state index contributed by atoms with van der Waals surface area (Å²) in [5.41, 5.74) is 6.80. The van der Waals surface area contributed by atoms with Gasteiger partial charge in [0.2, 0.25) is 5.91 Å². The van der Waals surface area contributed by atoms with Gasteiger partial charge in [0, 0.05) is 12.4 Å². The lowest BCUT2D eigenvalue weighted by Gasteiger charge is -2.26. The minimum Gasteiger partial charge on any atom is -0.459 e. The van der Waals surface area contributed by atoms with E-state index in [1.165, 1.54) is 0 Å². The van der Waals surface area contributed by atoms with Crippen LogP contribution >= 0.6 is 11.8 Å². The first-order valence-electron chi connectivity index (χ1n) is 7.04. The molecule has 2 rings (SSSR count). The van der Waals surface area contributed by atoms with Gasteiger partial charge in [0.05, 0.1) is 12.1 Å². The molecule has 0 aliphatic heterocycles. The molecule has 0 bridgehead atoms. The van der Waals surface area contributed by atoms with Crippen molar-refractivity contribution in [3.8, 4) is 0 Å². The van der Waals surface area contributed by atoms with Gasteiger partial charge in [0.15, 0.2) is 0 Å². The SMILES string of the molecule is CSCC[C@H](N)C(=O)N(C)C(C)c1cc2ccccc2o1. The molecule has 2 aromatic rings. The first-order chi connectivity index (χ1) is 10.0. The van der Waals surface area contributed by atoms with Gasteiger partial charge in [-0.3, -0.25) is 4.79 Å². The van der Waals surface area contributed by atoms with Crippen LogP contribution in [-0.4, -0.2) is 35.9 Å². The molecule has 0 fully saturated rings. The highest BCUT2D eigenvalue weighted by atomic mass is 32.2. The van der Waals surface area contributed by atoms with Crippen molar-refractivity contribution in [2.75, 3.05) is 19.1 Å². The normalized spacial score (nSPS) is 14.1. The molecule has 1 unspecified atom stereocenters. The fourth-order valence-electron chi connectivity index (χ4n) is 2.22. The van der Waals surface area contributed by atoms with Gasteiger partial charge in [-0.1, -0.05) is 18.2 Å². The van der Waals surface area contributed by atoms with E-state index in [0.717, 1.165) is 22.5 Å². The van der Waals surface area contributed by atoms with Crippen molar-refractivity contribution in [1.82, 2.24) is 4.90 Å². The third-order valence-corrected chi connectivity index (χ3v) is 4.38. The van der Waals surface area contributed by atoms with Gasteiger partial charge in [-0.2, -0.15) is 11.8 Å². The number of rotatable bonds is 6. The number of hydrogen-bond acceptors (Lipinski definition) is 4. The van der Waals surface area contributed by atoms with E-state index >= 15 is 0 Å². The van der Waals surface area contributed by atoms with Crippen LogP contribution in [-0.2, 0) is 4.79 Å². The third-order valence-electron chi connectivity index (χ3n) is 3.74. The van der Waals surface area contributed by atoms with Crippen LogP contribution in [0.15, 0.2) is 34.7 Å². The topological polar surface area (TPSA) is 59.5 Å². The lowest BCUT2D eigenvalue weighted by atomic mass is 10.1. The Balaban J connectivity index is 2.10. The van der Waals surface area contributed by atoms with Crippen molar-refractivity contribution < 1.29 is 9.21 Å². The van der Waals surface area contributed by atoms with Crippen molar-refractivity contribution in [3.63, 3.8) is 0 Å². The monoisotopic (exact) mass is 306 g/mol. The second kappa shape index (κ2) is 7.00. The van der Waals surface area contributed by atoms with Gasteiger partial charge in [-0.25, -0.2) is 0 Å². The number of furan rings is 1. The first-order valence-corrected chi connectivity index (χ1v) is 8.43. The van der Waals surface area contributed by atoms with Crippen LogP contribution in [0.5, 0.6) is 0 Å².